The van der Waals surface area contributed by atoms with Gasteiger partial charge in [0.15, 0.2) is 0 Å². The highest BCUT2D eigenvalue weighted by Gasteiger charge is 2.24. The number of hydrogen-bond acceptors (Lipinski definition) is 3. The van der Waals surface area contributed by atoms with Gasteiger partial charge in [-0.1, -0.05) is 11.6 Å². The summed E-state index contributed by atoms with van der Waals surface area (Å²) in [5, 5.41) is 9.54. The van der Waals surface area contributed by atoms with E-state index in [-0.39, 0.29) is 5.91 Å². The van der Waals surface area contributed by atoms with Gasteiger partial charge >= 0.3 is 0 Å². The number of benzene rings is 2. The molecule has 0 bridgehead atoms. The summed E-state index contributed by atoms with van der Waals surface area (Å²) in [6.07, 6.45) is 0. The molecular formula is C20H21ClN3O2+. The minimum atomic E-state index is 0.0333. The molecule has 3 rings (SSSR count). The van der Waals surface area contributed by atoms with Gasteiger partial charge in [0.2, 0.25) is 0 Å². The molecule has 1 fully saturated rings. The van der Waals surface area contributed by atoms with Crippen molar-refractivity contribution in [3.05, 3.63) is 64.7 Å². The molecule has 1 amide bonds. The molecule has 26 heavy (non-hydrogen) atoms. The number of hydrogen-bond donors (Lipinski definition) is 1. The van der Waals surface area contributed by atoms with Gasteiger partial charge in [-0.3, -0.25) is 4.79 Å². The smallest absolute Gasteiger partial charge is 0.254 e. The van der Waals surface area contributed by atoms with Crippen molar-refractivity contribution in [2.45, 2.75) is 0 Å². The van der Waals surface area contributed by atoms with E-state index in [2.05, 4.69) is 6.07 Å². The molecule has 0 radical (unpaired) electrons. The van der Waals surface area contributed by atoms with Crippen LogP contribution in [0.25, 0.3) is 0 Å². The van der Waals surface area contributed by atoms with Gasteiger partial charge in [-0.25, -0.2) is 0 Å². The van der Waals surface area contributed by atoms with Crippen molar-refractivity contribution in [2.24, 2.45) is 0 Å². The van der Waals surface area contributed by atoms with Crippen molar-refractivity contribution in [3.8, 4) is 11.8 Å². The molecule has 2 aromatic rings. The predicted octanol–water partition coefficient (Wildman–Crippen LogP) is 1.63. The number of piperazine rings is 1. The molecule has 1 aliphatic heterocycles. The highest BCUT2D eigenvalue weighted by Crippen LogP contribution is 2.15. The second-order valence-electron chi connectivity index (χ2n) is 6.28. The Morgan fingerprint density at radius 3 is 2.38 bits per heavy atom. The molecule has 0 unspecified atom stereocenters. The molecule has 5 nitrogen and oxygen atoms in total. The summed E-state index contributed by atoms with van der Waals surface area (Å²) in [4.78, 5) is 15.8. The number of amides is 1. The summed E-state index contributed by atoms with van der Waals surface area (Å²) in [6, 6.07) is 16.2. The van der Waals surface area contributed by atoms with E-state index in [4.69, 9.17) is 21.6 Å². The number of carbonyl (C=O) groups is 1. The largest absolute Gasteiger partial charge is 0.488 e. The number of ether oxygens (including phenoxy) is 1. The van der Waals surface area contributed by atoms with Crippen LogP contribution in [0.4, 0.5) is 0 Å². The number of nitriles is 1. The first-order valence-corrected chi connectivity index (χ1v) is 9.05. The van der Waals surface area contributed by atoms with E-state index in [0.29, 0.717) is 22.8 Å². The van der Waals surface area contributed by atoms with Gasteiger partial charge in [0, 0.05) is 10.6 Å². The Kier molecular flexibility index (Phi) is 6.11. The van der Waals surface area contributed by atoms with Gasteiger partial charge in [-0.15, -0.1) is 0 Å². The van der Waals surface area contributed by atoms with E-state index in [1.807, 2.05) is 29.2 Å². The zero-order chi connectivity index (χ0) is 18.4. The molecule has 0 saturated carbocycles. The standard InChI is InChI=1S/C20H20ClN3O2/c21-18-5-7-19(8-6-18)26-14-13-23-9-11-24(12-10-23)20(25)17-3-1-16(15-22)2-4-17/h1-8H,9-14H2/p+1. The summed E-state index contributed by atoms with van der Waals surface area (Å²) in [5.41, 5.74) is 1.20. The fourth-order valence-electron chi connectivity index (χ4n) is 2.99. The summed E-state index contributed by atoms with van der Waals surface area (Å²) >= 11 is 5.86. The third kappa shape index (κ3) is 4.75. The zero-order valence-corrected chi connectivity index (χ0v) is 15.2. The van der Waals surface area contributed by atoms with Crippen LogP contribution >= 0.6 is 11.6 Å². The maximum absolute atomic E-state index is 12.5. The minimum Gasteiger partial charge on any atom is -0.488 e. The number of nitrogens with one attached hydrogen (secondary N) is 1. The molecule has 0 aromatic heterocycles. The molecule has 1 N–H and O–H groups in total. The Balaban J connectivity index is 1.42. The first kappa shape index (κ1) is 18.2. The third-order valence-corrected chi connectivity index (χ3v) is 4.81. The average Bonchev–Trinajstić information content (AvgIpc) is 2.69. The van der Waals surface area contributed by atoms with Crippen molar-refractivity contribution in [1.29, 1.82) is 5.26 Å². The molecule has 1 aliphatic rings. The highest BCUT2D eigenvalue weighted by atomic mass is 35.5. The van der Waals surface area contributed by atoms with Gasteiger partial charge < -0.3 is 14.5 Å². The summed E-state index contributed by atoms with van der Waals surface area (Å²) in [6.45, 7) is 4.82. The van der Waals surface area contributed by atoms with Crippen LogP contribution in [0.5, 0.6) is 5.75 Å². The number of halogens is 1. The quantitative estimate of drug-likeness (QED) is 0.870. The lowest BCUT2D eigenvalue weighted by atomic mass is 10.1. The monoisotopic (exact) mass is 370 g/mol. The van der Waals surface area contributed by atoms with E-state index in [1.54, 1.807) is 24.3 Å². The van der Waals surface area contributed by atoms with Crippen LogP contribution in [0, 0.1) is 11.3 Å². The molecule has 0 atom stereocenters. The van der Waals surface area contributed by atoms with Crippen molar-refractivity contribution in [1.82, 2.24) is 4.90 Å². The fraction of sp³-hybridized carbons (Fsp3) is 0.300. The van der Waals surface area contributed by atoms with Crippen LogP contribution in [-0.4, -0.2) is 50.1 Å². The first-order chi connectivity index (χ1) is 12.7. The predicted molar refractivity (Wildman–Crippen MR) is 99.6 cm³/mol. The van der Waals surface area contributed by atoms with Gasteiger partial charge in [0.25, 0.3) is 5.91 Å². The first-order valence-electron chi connectivity index (χ1n) is 8.67. The van der Waals surface area contributed by atoms with Crippen molar-refractivity contribution < 1.29 is 14.4 Å². The second-order valence-corrected chi connectivity index (χ2v) is 6.72. The topological polar surface area (TPSA) is 57.8 Å². The Labute approximate surface area is 158 Å². The lowest BCUT2D eigenvalue weighted by molar-refractivity contribution is -0.903. The van der Waals surface area contributed by atoms with Crippen molar-refractivity contribution in [2.75, 3.05) is 39.3 Å². The Morgan fingerprint density at radius 2 is 1.77 bits per heavy atom. The van der Waals surface area contributed by atoms with Crippen LogP contribution in [0.1, 0.15) is 15.9 Å². The SMILES string of the molecule is N#Cc1ccc(C(=O)N2CC[NH+](CCOc3ccc(Cl)cc3)CC2)cc1. The van der Waals surface area contributed by atoms with Crippen LogP contribution in [0.2, 0.25) is 5.02 Å². The Morgan fingerprint density at radius 1 is 1.12 bits per heavy atom. The average molecular weight is 371 g/mol. The highest BCUT2D eigenvalue weighted by molar-refractivity contribution is 6.30. The number of nitrogens with zero attached hydrogens (tertiary/aromatic N) is 2. The van der Waals surface area contributed by atoms with E-state index in [1.165, 1.54) is 4.90 Å². The van der Waals surface area contributed by atoms with Crippen LogP contribution in [-0.2, 0) is 0 Å². The molecule has 1 heterocycles. The van der Waals surface area contributed by atoms with E-state index in [0.717, 1.165) is 38.5 Å². The molecule has 0 spiro atoms. The normalized spacial score (nSPS) is 14.7. The minimum absolute atomic E-state index is 0.0333. The third-order valence-electron chi connectivity index (χ3n) is 4.56. The summed E-state index contributed by atoms with van der Waals surface area (Å²) < 4.78 is 5.74. The molecule has 1 saturated heterocycles. The lowest BCUT2D eigenvalue weighted by Gasteiger charge is -2.32. The van der Waals surface area contributed by atoms with Crippen LogP contribution in [0.15, 0.2) is 48.5 Å². The zero-order valence-electron chi connectivity index (χ0n) is 14.5. The molecule has 134 valence electrons. The maximum Gasteiger partial charge on any atom is 0.254 e. The Hall–Kier alpha value is -2.55. The van der Waals surface area contributed by atoms with Gasteiger partial charge in [-0.2, -0.15) is 5.26 Å². The second kappa shape index (κ2) is 8.70. The molecule has 0 aliphatic carbocycles. The van der Waals surface area contributed by atoms with Gasteiger partial charge in [0.1, 0.15) is 18.9 Å². The molecule has 2 aromatic carbocycles. The van der Waals surface area contributed by atoms with Crippen LogP contribution in [0.3, 0.4) is 0 Å². The lowest BCUT2D eigenvalue weighted by Crippen LogP contribution is -3.15. The number of rotatable bonds is 5. The maximum atomic E-state index is 12.5. The number of quaternary nitrogens is 1. The van der Waals surface area contributed by atoms with Crippen molar-refractivity contribution >= 4 is 17.5 Å². The molecule has 6 heteroatoms. The fourth-order valence-corrected chi connectivity index (χ4v) is 3.12. The van der Waals surface area contributed by atoms with E-state index in [9.17, 15) is 4.79 Å². The van der Waals surface area contributed by atoms with E-state index < -0.39 is 0 Å². The van der Waals surface area contributed by atoms with Gasteiger partial charge in [-0.05, 0) is 48.5 Å². The van der Waals surface area contributed by atoms with Crippen LogP contribution < -0.4 is 9.64 Å². The number of carbonyl (C=O) groups excluding carboxylic acids is 1. The molecular weight excluding hydrogens is 350 g/mol. The van der Waals surface area contributed by atoms with Gasteiger partial charge in [0.05, 0.1) is 37.8 Å². The summed E-state index contributed by atoms with van der Waals surface area (Å²) in [7, 11) is 0. The van der Waals surface area contributed by atoms with E-state index >= 15 is 0 Å². The Bertz CT molecular complexity index is 776. The van der Waals surface area contributed by atoms with Crippen molar-refractivity contribution in [3.63, 3.8) is 0 Å². The summed E-state index contributed by atoms with van der Waals surface area (Å²) in [5.74, 6) is 0.856.